The second kappa shape index (κ2) is 9.93. The van der Waals surface area contributed by atoms with Gasteiger partial charge in [-0.1, -0.05) is 49.0 Å². The van der Waals surface area contributed by atoms with Crippen LogP contribution in [0.2, 0.25) is 0 Å². The van der Waals surface area contributed by atoms with Crippen LogP contribution in [0, 0.1) is 6.92 Å². The number of amides is 1. The van der Waals surface area contributed by atoms with E-state index in [-0.39, 0.29) is 23.3 Å². The van der Waals surface area contributed by atoms with Gasteiger partial charge in [0, 0.05) is 11.8 Å². The van der Waals surface area contributed by atoms with Gasteiger partial charge in [0.15, 0.2) is 5.16 Å². The summed E-state index contributed by atoms with van der Waals surface area (Å²) >= 11 is 1.24. The van der Waals surface area contributed by atoms with Crippen LogP contribution in [-0.2, 0) is 11.4 Å². The third kappa shape index (κ3) is 6.22. The van der Waals surface area contributed by atoms with E-state index in [4.69, 9.17) is 4.74 Å². The lowest BCUT2D eigenvalue weighted by molar-refractivity contribution is -0.115. The molecule has 6 nitrogen and oxygen atoms in total. The number of para-hydroxylation sites is 1. The maximum atomic E-state index is 12.7. The molecule has 1 aromatic heterocycles. The van der Waals surface area contributed by atoms with Crippen LogP contribution in [0.15, 0.2) is 70.6 Å². The largest absolute Gasteiger partial charge is 0.487 e. The molecule has 0 spiro atoms. The number of aryl methyl sites for hydroxylation is 1. The van der Waals surface area contributed by atoms with Crippen LogP contribution in [0.1, 0.15) is 24.6 Å². The molecule has 0 saturated carbocycles. The summed E-state index contributed by atoms with van der Waals surface area (Å²) in [5.41, 5.74) is 2.05. The molecule has 0 radical (unpaired) electrons. The van der Waals surface area contributed by atoms with Gasteiger partial charge in [-0.25, -0.2) is 4.98 Å². The van der Waals surface area contributed by atoms with E-state index in [9.17, 15) is 9.59 Å². The normalized spacial score (nSPS) is 11.7. The van der Waals surface area contributed by atoms with Crippen LogP contribution in [0.3, 0.4) is 0 Å². The molecule has 3 rings (SSSR count). The van der Waals surface area contributed by atoms with Gasteiger partial charge in [0.25, 0.3) is 5.56 Å². The van der Waals surface area contributed by atoms with Gasteiger partial charge in [0.2, 0.25) is 5.91 Å². The van der Waals surface area contributed by atoms with E-state index in [1.165, 1.54) is 17.8 Å². The van der Waals surface area contributed by atoms with Crippen LogP contribution < -0.4 is 15.6 Å². The zero-order chi connectivity index (χ0) is 20.6. The lowest BCUT2D eigenvalue weighted by Gasteiger charge is -2.15. The summed E-state index contributed by atoms with van der Waals surface area (Å²) < 4.78 is 5.67. The highest BCUT2D eigenvalue weighted by Crippen LogP contribution is 2.23. The molecule has 7 heteroatoms. The van der Waals surface area contributed by atoms with Gasteiger partial charge in [0.1, 0.15) is 12.4 Å². The molecule has 0 fully saturated rings. The number of aromatic nitrogens is 2. The maximum absolute atomic E-state index is 12.7. The molecule has 0 aliphatic heterocycles. The number of carbonyl (C=O) groups excluding carboxylic acids is 1. The van der Waals surface area contributed by atoms with Gasteiger partial charge in [-0.2, -0.15) is 0 Å². The first kappa shape index (κ1) is 20.7. The Morgan fingerprint density at radius 1 is 1.17 bits per heavy atom. The van der Waals surface area contributed by atoms with Gasteiger partial charge < -0.3 is 15.0 Å². The van der Waals surface area contributed by atoms with Gasteiger partial charge in [-0.3, -0.25) is 9.59 Å². The zero-order valence-electron chi connectivity index (χ0n) is 16.3. The van der Waals surface area contributed by atoms with Crippen LogP contribution in [0.5, 0.6) is 5.75 Å². The summed E-state index contributed by atoms with van der Waals surface area (Å²) in [5, 5.41) is 2.94. The van der Waals surface area contributed by atoms with Crippen molar-refractivity contribution in [2.24, 2.45) is 0 Å². The Balaban J connectivity index is 1.67. The molecule has 2 aromatic carbocycles. The topological polar surface area (TPSA) is 84.1 Å². The predicted molar refractivity (Wildman–Crippen MR) is 115 cm³/mol. The summed E-state index contributed by atoms with van der Waals surface area (Å²) in [6.07, 6.45) is 0.594. The molecular weight excluding hydrogens is 386 g/mol. The summed E-state index contributed by atoms with van der Waals surface area (Å²) in [7, 11) is 0. The molecule has 150 valence electrons. The molecule has 1 amide bonds. The summed E-state index contributed by atoms with van der Waals surface area (Å²) in [4.78, 5) is 31.8. The summed E-state index contributed by atoms with van der Waals surface area (Å²) in [5.74, 6) is 0.574. The second-order valence-electron chi connectivity index (χ2n) is 6.52. The number of nitrogens with one attached hydrogen (secondary N) is 2. The third-order valence-corrected chi connectivity index (χ3v) is 5.35. The smallest absolute Gasteiger partial charge is 0.251 e. The predicted octanol–water partition coefficient (Wildman–Crippen LogP) is 4.17. The van der Waals surface area contributed by atoms with Crippen molar-refractivity contribution in [1.29, 1.82) is 0 Å². The Morgan fingerprint density at radius 3 is 2.69 bits per heavy atom. The van der Waals surface area contributed by atoms with Gasteiger partial charge in [-0.05, 0) is 43.2 Å². The van der Waals surface area contributed by atoms with Crippen LogP contribution in [0.4, 0.5) is 5.69 Å². The number of anilines is 1. The van der Waals surface area contributed by atoms with Crippen molar-refractivity contribution in [3.63, 3.8) is 0 Å². The average molecular weight is 410 g/mol. The van der Waals surface area contributed by atoms with E-state index in [2.05, 4.69) is 15.3 Å². The molecule has 0 aliphatic rings. The maximum Gasteiger partial charge on any atom is 0.251 e. The number of ether oxygens (including phenoxy) is 1. The minimum atomic E-state index is -0.385. The Hall–Kier alpha value is -3.06. The summed E-state index contributed by atoms with van der Waals surface area (Å²) in [6, 6.07) is 18.4. The summed E-state index contributed by atoms with van der Waals surface area (Å²) in [6.45, 7) is 4.07. The van der Waals surface area contributed by atoms with Crippen LogP contribution >= 0.6 is 11.8 Å². The van der Waals surface area contributed by atoms with Crippen molar-refractivity contribution in [2.75, 3.05) is 5.32 Å². The van der Waals surface area contributed by atoms with Gasteiger partial charge in [0.05, 0.1) is 10.9 Å². The Morgan fingerprint density at radius 2 is 1.97 bits per heavy atom. The first-order valence-electron chi connectivity index (χ1n) is 9.36. The fourth-order valence-corrected chi connectivity index (χ4v) is 3.62. The highest BCUT2D eigenvalue weighted by molar-refractivity contribution is 8.00. The molecule has 1 atom stereocenters. The second-order valence-corrected chi connectivity index (χ2v) is 7.71. The van der Waals surface area contributed by atoms with E-state index in [0.29, 0.717) is 23.0 Å². The molecule has 1 heterocycles. The van der Waals surface area contributed by atoms with Crippen molar-refractivity contribution in [3.05, 3.63) is 82.3 Å². The lowest BCUT2D eigenvalue weighted by atomic mass is 10.2. The average Bonchev–Trinajstić information content (AvgIpc) is 2.71. The number of rotatable bonds is 8. The third-order valence-electron chi connectivity index (χ3n) is 4.11. The highest BCUT2D eigenvalue weighted by atomic mass is 32.2. The molecule has 2 N–H and O–H groups in total. The number of hydrogen-bond acceptors (Lipinski definition) is 5. The van der Waals surface area contributed by atoms with Crippen LogP contribution in [0.25, 0.3) is 0 Å². The number of hydrogen-bond donors (Lipinski definition) is 2. The Bertz CT molecular complexity index is 1020. The number of H-pyrrole nitrogens is 1. The van der Waals surface area contributed by atoms with E-state index < -0.39 is 0 Å². The fraction of sp³-hybridized carbons (Fsp3) is 0.227. The van der Waals surface area contributed by atoms with Crippen molar-refractivity contribution in [1.82, 2.24) is 9.97 Å². The monoisotopic (exact) mass is 409 g/mol. The van der Waals surface area contributed by atoms with Crippen molar-refractivity contribution < 1.29 is 9.53 Å². The zero-order valence-corrected chi connectivity index (χ0v) is 17.2. The van der Waals surface area contributed by atoms with Crippen molar-refractivity contribution >= 4 is 23.4 Å². The molecule has 1 unspecified atom stereocenters. The molecule has 0 saturated heterocycles. The van der Waals surface area contributed by atoms with E-state index >= 15 is 0 Å². The molecule has 0 aliphatic carbocycles. The van der Waals surface area contributed by atoms with E-state index in [0.717, 1.165) is 11.3 Å². The highest BCUT2D eigenvalue weighted by Gasteiger charge is 2.20. The first-order valence-corrected chi connectivity index (χ1v) is 10.2. The SMILES string of the molecule is CCC(Sc1nc(COc2ccccc2)cc(=O)[nH]1)C(=O)Nc1cccc(C)c1. The first-order chi connectivity index (χ1) is 14.0. The van der Waals surface area contributed by atoms with Crippen molar-refractivity contribution in [3.8, 4) is 5.75 Å². The molecule has 29 heavy (non-hydrogen) atoms. The lowest BCUT2D eigenvalue weighted by Crippen LogP contribution is -2.25. The molecular formula is C22H23N3O3S. The van der Waals surface area contributed by atoms with Crippen LogP contribution in [-0.4, -0.2) is 21.1 Å². The molecule has 3 aromatic rings. The van der Waals surface area contributed by atoms with E-state index in [1.54, 1.807) is 0 Å². The Labute approximate surface area is 173 Å². The van der Waals surface area contributed by atoms with Gasteiger partial charge in [-0.15, -0.1) is 0 Å². The quantitative estimate of drug-likeness (QED) is 0.431. The minimum Gasteiger partial charge on any atom is -0.487 e. The Kier molecular flexibility index (Phi) is 7.08. The minimum absolute atomic E-state index is 0.128. The number of carbonyl (C=O) groups is 1. The molecule has 0 bridgehead atoms. The number of thioether (sulfide) groups is 1. The fourth-order valence-electron chi connectivity index (χ4n) is 2.69. The number of aromatic amines is 1. The number of nitrogens with zero attached hydrogens (tertiary/aromatic N) is 1. The van der Waals surface area contributed by atoms with E-state index in [1.807, 2.05) is 68.4 Å². The standard InChI is InChI=1S/C22H23N3O3S/c1-3-19(21(27)23-16-9-7-8-15(2)12-16)29-22-24-17(13-20(26)25-22)14-28-18-10-5-4-6-11-18/h4-13,19H,3,14H2,1-2H3,(H,23,27)(H,24,25,26). The number of benzene rings is 2. The van der Waals surface area contributed by atoms with Crippen molar-refractivity contribution in [2.45, 2.75) is 37.3 Å². The van der Waals surface area contributed by atoms with Gasteiger partial charge >= 0.3 is 0 Å².